The van der Waals surface area contributed by atoms with Gasteiger partial charge in [-0.3, -0.25) is 0 Å². The quantitative estimate of drug-likeness (QED) is 0.888. The van der Waals surface area contributed by atoms with Crippen molar-refractivity contribution in [3.05, 3.63) is 23.8 Å². The maximum absolute atomic E-state index is 5.54. The third kappa shape index (κ3) is 1.69. The van der Waals surface area contributed by atoms with Crippen molar-refractivity contribution in [2.45, 2.75) is 38.3 Å². The molecule has 4 rings (SSSR count). The number of ether oxygens (including phenoxy) is 2. The largest absolute Gasteiger partial charge is 0.454 e. The van der Waals surface area contributed by atoms with Crippen molar-refractivity contribution in [3.8, 4) is 11.5 Å². The van der Waals surface area contributed by atoms with Crippen LogP contribution in [0.5, 0.6) is 11.5 Å². The highest BCUT2D eigenvalue weighted by atomic mass is 16.7. The number of benzene rings is 1. The van der Waals surface area contributed by atoms with E-state index >= 15 is 0 Å². The summed E-state index contributed by atoms with van der Waals surface area (Å²) in [7, 11) is 0. The number of hydrogen-bond acceptors (Lipinski definition) is 3. The molecule has 2 saturated carbocycles. The lowest BCUT2D eigenvalue weighted by Gasteiger charge is -2.23. The molecular formula is C15H19NO2. The summed E-state index contributed by atoms with van der Waals surface area (Å²) in [5.41, 5.74) is 1.23. The van der Waals surface area contributed by atoms with Crippen LogP contribution >= 0.6 is 0 Å². The van der Waals surface area contributed by atoms with Crippen LogP contribution in [-0.2, 0) is 6.54 Å². The molecule has 3 aliphatic rings. The topological polar surface area (TPSA) is 30.5 Å². The average Bonchev–Trinajstić information content (AvgIpc) is 3.11. The molecule has 1 N–H and O–H groups in total. The molecule has 3 atom stereocenters. The van der Waals surface area contributed by atoms with Gasteiger partial charge in [0.15, 0.2) is 11.5 Å². The third-order valence-corrected chi connectivity index (χ3v) is 4.77. The molecule has 3 heteroatoms. The molecule has 0 radical (unpaired) electrons. The highest BCUT2D eigenvalue weighted by Gasteiger charge is 2.39. The van der Waals surface area contributed by atoms with E-state index in [2.05, 4.69) is 11.4 Å². The lowest BCUT2D eigenvalue weighted by Crippen LogP contribution is -2.33. The van der Waals surface area contributed by atoms with Crippen LogP contribution in [0.2, 0.25) is 0 Å². The minimum atomic E-state index is 0.362. The van der Waals surface area contributed by atoms with E-state index in [9.17, 15) is 0 Å². The molecule has 1 heterocycles. The second kappa shape index (κ2) is 4.16. The molecule has 0 amide bonds. The van der Waals surface area contributed by atoms with Gasteiger partial charge in [-0.15, -0.1) is 0 Å². The Balaban J connectivity index is 1.45. The summed E-state index contributed by atoms with van der Waals surface area (Å²) in [6.07, 6.45) is 5.70. The van der Waals surface area contributed by atoms with Gasteiger partial charge < -0.3 is 14.8 Å². The van der Waals surface area contributed by atoms with Gasteiger partial charge in [-0.1, -0.05) is 18.6 Å². The van der Waals surface area contributed by atoms with Crippen LogP contribution in [0, 0.1) is 11.8 Å². The van der Waals surface area contributed by atoms with E-state index in [1.54, 1.807) is 0 Å². The monoisotopic (exact) mass is 245 g/mol. The van der Waals surface area contributed by atoms with Crippen molar-refractivity contribution >= 4 is 0 Å². The van der Waals surface area contributed by atoms with E-state index in [0.717, 1.165) is 35.9 Å². The molecule has 3 nitrogen and oxygen atoms in total. The zero-order chi connectivity index (χ0) is 11.9. The highest BCUT2D eigenvalue weighted by Crippen LogP contribution is 2.44. The Morgan fingerprint density at radius 1 is 1.17 bits per heavy atom. The lowest BCUT2D eigenvalue weighted by molar-refractivity contribution is 0.173. The smallest absolute Gasteiger partial charge is 0.231 e. The summed E-state index contributed by atoms with van der Waals surface area (Å²) in [5.74, 6) is 3.74. The van der Waals surface area contributed by atoms with Gasteiger partial charge in [0.05, 0.1) is 0 Å². The number of para-hydroxylation sites is 1. The third-order valence-electron chi connectivity index (χ3n) is 4.77. The predicted octanol–water partition coefficient (Wildman–Crippen LogP) is 2.69. The first-order valence-electron chi connectivity index (χ1n) is 7.01. The van der Waals surface area contributed by atoms with E-state index in [1.165, 1.54) is 31.2 Å². The van der Waals surface area contributed by atoms with E-state index in [-0.39, 0.29) is 0 Å². The summed E-state index contributed by atoms with van der Waals surface area (Å²) >= 11 is 0. The molecule has 3 unspecified atom stereocenters. The second-order valence-corrected chi connectivity index (χ2v) is 5.81. The van der Waals surface area contributed by atoms with Gasteiger partial charge in [0.1, 0.15) is 0 Å². The average molecular weight is 245 g/mol. The fourth-order valence-corrected chi connectivity index (χ4v) is 3.87. The van der Waals surface area contributed by atoms with E-state index in [0.29, 0.717) is 6.79 Å². The predicted molar refractivity (Wildman–Crippen MR) is 68.6 cm³/mol. The van der Waals surface area contributed by atoms with Gasteiger partial charge >= 0.3 is 0 Å². The van der Waals surface area contributed by atoms with Crippen molar-refractivity contribution in [2.24, 2.45) is 11.8 Å². The van der Waals surface area contributed by atoms with Crippen molar-refractivity contribution in [1.82, 2.24) is 5.32 Å². The van der Waals surface area contributed by atoms with Crippen LogP contribution in [-0.4, -0.2) is 12.8 Å². The molecule has 18 heavy (non-hydrogen) atoms. The Labute approximate surface area is 107 Å². The number of rotatable bonds is 3. The lowest BCUT2D eigenvalue weighted by atomic mass is 9.95. The molecule has 1 aliphatic heterocycles. The van der Waals surface area contributed by atoms with E-state index < -0.39 is 0 Å². The van der Waals surface area contributed by atoms with Gasteiger partial charge in [-0.05, 0) is 37.2 Å². The van der Waals surface area contributed by atoms with Crippen molar-refractivity contribution in [3.63, 3.8) is 0 Å². The first-order chi connectivity index (χ1) is 8.90. The summed E-state index contributed by atoms with van der Waals surface area (Å²) in [6.45, 7) is 1.26. The maximum Gasteiger partial charge on any atom is 0.231 e. The Bertz CT molecular complexity index is 460. The van der Waals surface area contributed by atoms with Crippen LogP contribution in [0.3, 0.4) is 0 Å². The Kier molecular flexibility index (Phi) is 2.47. The fraction of sp³-hybridized carbons (Fsp3) is 0.600. The normalized spacial score (nSPS) is 32.1. The minimum Gasteiger partial charge on any atom is -0.454 e. The number of hydrogen-bond donors (Lipinski definition) is 1. The van der Waals surface area contributed by atoms with Crippen LogP contribution in [0.4, 0.5) is 0 Å². The van der Waals surface area contributed by atoms with Gasteiger partial charge in [0.25, 0.3) is 0 Å². The van der Waals surface area contributed by atoms with E-state index in [1.807, 2.05) is 12.1 Å². The summed E-state index contributed by atoms with van der Waals surface area (Å²) in [4.78, 5) is 0. The molecule has 2 fully saturated rings. The first kappa shape index (κ1) is 10.7. The molecule has 1 aromatic rings. The van der Waals surface area contributed by atoms with Gasteiger partial charge in [0.2, 0.25) is 6.79 Å². The summed E-state index contributed by atoms with van der Waals surface area (Å²) < 4.78 is 11.0. The number of fused-ring (bicyclic) bond motifs is 3. The fourth-order valence-electron chi connectivity index (χ4n) is 3.87. The van der Waals surface area contributed by atoms with Crippen LogP contribution in [0.1, 0.15) is 31.2 Å². The second-order valence-electron chi connectivity index (χ2n) is 5.81. The minimum absolute atomic E-state index is 0.362. The Morgan fingerprint density at radius 3 is 3.00 bits per heavy atom. The first-order valence-corrected chi connectivity index (χ1v) is 7.01. The van der Waals surface area contributed by atoms with Gasteiger partial charge in [0, 0.05) is 18.2 Å². The molecule has 0 spiro atoms. The molecular weight excluding hydrogens is 226 g/mol. The van der Waals surface area contributed by atoms with Crippen LogP contribution < -0.4 is 14.8 Å². The molecule has 0 saturated heterocycles. The molecule has 96 valence electrons. The van der Waals surface area contributed by atoms with E-state index in [4.69, 9.17) is 9.47 Å². The maximum atomic E-state index is 5.54. The Morgan fingerprint density at radius 2 is 2.17 bits per heavy atom. The highest BCUT2D eigenvalue weighted by molar-refractivity contribution is 5.48. The summed E-state index contributed by atoms with van der Waals surface area (Å²) in [6, 6.07) is 6.88. The standard InChI is InChI=1S/C15H19NO2/c1-2-12(15-14(3-1)17-9-18-15)8-16-13-7-10-4-5-11(13)6-10/h1-3,10-11,13,16H,4-9H2. The van der Waals surface area contributed by atoms with Crippen LogP contribution in [0.15, 0.2) is 18.2 Å². The zero-order valence-corrected chi connectivity index (χ0v) is 10.5. The van der Waals surface area contributed by atoms with Gasteiger partial charge in [-0.25, -0.2) is 0 Å². The van der Waals surface area contributed by atoms with Crippen molar-refractivity contribution < 1.29 is 9.47 Å². The summed E-state index contributed by atoms with van der Waals surface area (Å²) in [5, 5.41) is 3.72. The molecule has 2 bridgehead atoms. The molecule has 1 aromatic carbocycles. The van der Waals surface area contributed by atoms with Crippen LogP contribution in [0.25, 0.3) is 0 Å². The van der Waals surface area contributed by atoms with Crippen molar-refractivity contribution in [2.75, 3.05) is 6.79 Å². The van der Waals surface area contributed by atoms with Gasteiger partial charge in [-0.2, -0.15) is 0 Å². The Hall–Kier alpha value is -1.22. The molecule has 2 aliphatic carbocycles. The molecule has 0 aromatic heterocycles. The zero-order valence-electron chi connectivity index (χ0n) is 10.5. The SMILES string of the molecule is c1cc(CNC2CC3CCC2C3)c2c(c1)OCO2. The van der Waals surface area contributed by atoms with Crippen molar-refractivity contribution in [1.29, 1.82) is 0 Å². The number of nitrogens with one attached hydrogen (secondary N) is 1.